The fourth-order valence-corrected chi connectivity index (χ4v) is 2.19. The average molecular weight is 314 g/mol. The van der Waals surface area contributed by atoms with Crippen LogP contribution in [0, 0.1) is 6.92 Å². The highest BCUT2D eigenvalue weighted by Crippen LogP contribution is 2.31. The monoisotopic (exact) mass is 312 g/mol. The first-order chi connectivity index (χ1) is 8.10. The van der Waals surface area contributed by atoms with Gasteiger partial charge in [0.15, 0.2) is 4.73 Å². The van der Waals surface area contributed by atoms with Crippen LogP contribution < -0.4 is 4.74 Å². The minimum Gasteiger partial charge on any atom is -0.496 e. The lowest BCUT2D eigenvalue weighted by molar-refractivity contribution is 0.416. The molecule has 1 heterocycles. The molecule has 1 aromatic carbocycles. The second-order valence-corrected chi connectivity index (χ2v) is 4.65. The third kappa shape index (κ3) is 2.76. The highest BCUT2D eigenvalue weighted by molar-refractivity contribution is 9.10. The van der Waals surface area contributed by atoms with Gasteiger partial charge in [0.2, 0.25) is 0 Å². The predicted octanol–water partition coefficient (Wildman–Crippen LogP) is 3.88. The Kier molecular flexibility index (Phi) is 3.64. The van der Waals surface area contributed by atoms with Gasteiger partial charge in [-0.05, 0) is 47.1 Å². The fraction of sp³-hybridized carbons (Fsp3) is 0.167. The van der Waals surface area contributed by atoms with E-state index in [1.165, 1.54) is 0 Å². The minimum absolute atomic E-state index is 0.550. The molecule has 0 saturated carbocycles. The van der Waals surface area contributed by atoms with E-state index in [0.717, 1.165) is 22.7 Å². The van der Waals surface area contributed by atoms with E-state index in [-0.39, 0.29) is 0 Å². The Hall–Kier alpha value is -1.13. The lowest BCUT2D eigenvalue weighted by atomic mass is 10.1. The van der Waals surface area contributed by atoms with Gasteiger partial charge in [-0.1, -0.05) is 11.6 Å². The van der Waals surface area contributed by atoms with Crippen molar-refractivity contribution in [1.29, 1.82) is 0 Å². The summed E-state index contributed by atoms with van der Waals surface area (Å²) in [6.45, 7) is 1.91. The van der Waals surface area contributed by atoms with Crippen LogP contribution in [0.1, 0.15) is 5.69 Å². The summed E-state index contributed by atoms with van der Waals surface area (Å²) in [4.78, 5) is 8.49. The highest BCUT2D eigenvalue weighted by Gasteiger charge is 2.09. The molecule has 0 fully saturated rings. The van der Waals surface area contributed by atoms with Crippen LogP contribution in [0.25, 0.3) is 11.3 Å². The van der Waals surface area contributed by atoms with Crippen molar-refractivity contribution in [2.24, 2.45) is 0 Å². The second-order valence-electron chi connectivity index (χ2n) is 3.51. The molecule has 0 saturated heterocycles. The zero-order valence-corrected chi connectivity index (χ0v) is 11.7. The SMILES string of the molecule is COc1ccc(Cl)cc1-c1cc(C)nc(Br)n1. The number of methoxy groups -OCH3 is 1. The Balaban J connectivity index is 2.62. The van der Waals surface area contributed by atoms with E-state index in [4.69, 9.17) is 16.3 Å². The maximum atomic E-state index is 5.99. The number of benzene rings is 1. The molecule has 0 unspecified atom stereocenters. The van der Waals surface area contributed by atoms with Crippen LogP contribution >= 0.6 is 27.5 Å². The number of hydrogen-bond acceptors (Lipinski definition) is 3. The molecular formula is C12H10BrClN2O. The lowest BCUT2D eigenvalue weighted by Crippen LogP contribution is -1.94. The molecular weight excluding hydrogens is 304 g/mol. The average Bonchev–Trinajstić information content (AvgIpc) is 2.27. The van der Waals surface area contributed by atoms with Gasteiger partial charge in [0.1, 0.15) is 5.75 Å². The molecule has 0 amide bonds. The molecule has 5 heteroatoms. The third-order valence-electron chi connectivity index (χ3n) is 2.26. The van der Waals surface area contributed by atoms with Crippen molar-refractivity contribution in [1.82, 2.24) is 9.97 Å². The van der Waals surface area contributed by atoms with E-state index in [0.29, 0.717) is 9.76 Å². The number of nitrogens with zero attached hydrogens (tertiary/aromatic N) is 2. The topological polar surface area (TPSA) is 35.0 Å². The van der Waals surface area contributed by atoms with E-state index in [9.17, 15) is 0 Å². The highest BCUT2D eigenvalue weighted by atomic mass is 79.9. The molecule has 2 rings (SSSR count). The molecule has 1 aromatic heterocycles. The maximum Gasteiger partial charge on any atom is 0.197 e. The van der Waals surface area contributed by atoms with E-state index in [1.54, 1.807) is 13.2 Å². The molecule has 0 aliphatic rings. The quantitative estimate of drug-likeness (QED) is 0.789. The zero-order chi connectivity index (χ0) is 12.4. The van der Waals surface area contributed by atoms with E-state index in [2.05, 4.69) is 25.9 Å². The third-order valence-corrected chi connectivity index (χ3v) is 2.85. The zero-order valence-electron chi connectivity index (χ0n) is 9.37. The van der Waals surface area contributed by atoms with Gasteiger partial charge in [-0.3, -0.25) is 0 Å². The van der Waals surface area contributed by atoms with Crippen molar-refractivity contribution in [2.75, 3.05) is 7.11 Å². The van der Waals surface area contributed by atoms with Gasteiger partial charge >= 0.3 is 0 Å². The Morgan fingerprint density at radius 2 is 2.00 bits per heavy atom. The van der Waals surface area contributed by atoms with Crippen LogP contribution in [0.2, 0.25) is 5.02 Å². The molecule has 2 aromatic rings. The number of rotatable bonds is 2. The van der Waals surface area contributed by atoms with Gasteiger partial charge in [-0.25, -0.2) is 9.97 Å². The molecule has 0 spiro atoms. The van der Waals surface area contributed by atoms with E-state index >= 15 is 0 Å². The molecule has 0 aliphatic carbocycles. The van der Waals surface area contributed by atoms with Crippen LogP contribution in [0.3, 0.4) is 0 Å². The summed E-state index contributed by atoms with van der Waals surface area (Å²) in [5, 5.41) is 0.646. The summed E-state index contributed by atoms with van der Waals surface area (Å²) in [6.07, 6.45) is 0. The number of ether oxygens (including phenoxy) is 1. The number of hydrogen-bond donors (Lipinski definition) is 0. The summed E-state index contributed by atoms with van der Waals surface area (Å²) < 4.78 is 5.85. The second kappa shape index (κ2) is 5.02. The van der Waals surface area contributed by atoms with Crippen molar-refractivity contribution in [3.05, 3.63) is 39.7 Å². The van der Waals surface area contributed by atoms with Crippen molar-refractivity contribution in [3.8, 4) is 17.0 Å². The molecule has 17 heavy (non-hydrogen) atoms. The van der Waals surface area contributed by atoms with Crippen LogP contribution in [0.4, 0.5) is 0 Å². The van der Waals surface area contributed by atoms with Gasteiger partial charge < -0.3 is 4.74 Å². The van der Waals surface area contributed by atoms with Gasteiger partial charge in [0.05, 0.1) is 12.8 Å². The van der Waals surface area contributed by atoms with Gasteiger partial charge in [-0.15, -0.1) is 0 Å². The molecule has 0 aliphatic heterocycles. The van der Waals surface area contributed by atoms with Crippen LogP contribution in [-0.2, 0) is 0 Å². The fourth-order valence-electron chi connectivity index (χ4n) is 1.55. The van der Waals surface area contributed by atoms with Crippen LogP contribution in [0.5, 0.6) is 5.75 Å². The lowest BCUT2D eigenvalue weighted by Gasteiger charge is -2.09. The van der Waals surface area contributed by atoms with Gasteiger partial charge in [0, 0.05) is 16.3 Å². The smallest absolute Gasteiger partial charge is 0.197 e. The van der Waals surface area contributed by atoms with Gasteiger partial charge in [0.25, 0.3) is 0 Å². The van der Waals surface area contributed by atoms with Crippen molar-refractivity contribution in [2.45, 2.75) is 6.92 Å². The molecule has 0 N–H and O–H groups in total. The molecule has 0 atom stereocenters. The van der Waals surface area contributed by atoms with Crippen molar-refractivity contribution in [3.63, 3.8) is 0 Å². The Bertz CT molecular complexity index is 540. The summed E-state index contributed by atoms with van der Waals surface area (Å²) >= 11 is 9.27. The Labute approximate surface area is 113 Å². The van der Waals surface area contributed by atoms with Crippen molar-refractivity contribution >= 4 is 27.5 Å². The summed E-state index contributed by atoms with van der Waals surface area (Å²) in [7, 11) is 1.62. The first-order valence-corrected chi connectivity index (χ1v) is 6.12. The molecule has 88 valence electrons. The van der Waals surface area contributed by atoms with E-state index < -0.39 is 0 Å². The maximum absolute atomic E-state index is 5.99. The molecule has 3 nitrogen and oxygen atoms in total. The first kappa shape index (κ1) is 12.3. The summed E-state index contributed by atoms with van der Waals surface area (Å²) in [6, 6.07) is 7.32. The van der Waals surface area contributed by atoms with Crippen LogP contribution in [-0.4, -0.2) is 17.1 Å². The minimum atomic E-state index is 0.550. The summed E-state index contributed by atoms with van der Waals surface area (Å²) in [5.74, 6) is 0.736. The van der Waals surface area contributed by atoms with E-state index in [1.807, 2.05) is 25.1 Å². The Morgan fingerprint density at radius 1 is 1.24 bits per heavy atom. The summed E-state index contributed by atoms with van der Waals surface area (Å²) in [5.41, 5.74) is 2.51. The van der Waals surface area contributed by atoms with Gasteiger partial charge in [-0.2, -0.15) is 0 Å². The van der Waals surface area contributed by atoms with Crippen LogP contribution in [0.15, 0.2) is 29.0 Å². The normalized spacial score (nSPS) is 10.4. The Morgan fingerprint density at radius 3 is 2.65 bits per heavy atom. The molecule has 0 radical (unpaired) electrons. The molecule has 0 bridgehead atoms. The predicted molar refractivity (Wildman–Crippen MR) is 71.5 cm³/mol. The number of aryl methyl sites for hydroxylation is 1. The standard InChI is InChI=1S/C12H10BrClN2O/c1-7-5-10(16-12(13)15-7)9-6-8(14)3-4-11(9)17-2/h3-6H,1-2H3. The van der Waals surface area contributed by atoms with Crippen molar-refractivity contribution < 1.29 is 4.74 Å². The number of aromatic nitrogens is 2. The largest absolute Gasteiger partial charge is 0.496 e. The number of halogens is 2. The first-order valence-electron chi connectivity index (χ1n) is 4.95.